The maximum absolute atomic E-state index is 12.6. The first-order chi connectivity index (χ1) is 13.4. The maximum atomic E-state index is 12.6. The molecule has 28 heavy (non-hydrogen) atoms. The number of ether oxygens (including phenoxy) is 1. The lowest BCUT2D eigenvalue weighted by Gasteiger charge is -2.35. The van der Waals surface area contributed by atoms with Crippen molar-refractivity contribution in [2.24, 2.45) is 0 Å². The number of benzene rings is 2. The van der Waals surface area contributed by atoms with Gasteiger partial charge in [0.25, 0.3) is 11.6 Å². The molecule has 146 valence electrons. The number of likely N-dealkylation sites (N-methyl/N-ethyl adjacent to an activating group) is 1. The molecule has 0 saturated heterocycles. The molecule has 0 saturated carbocycles. The van der Waals surface area contributed by atoms with Gasteiger partial charge in [-0.1, -0.05) is 18.2 Å². The van der Waals surface area contributed by atoms with Gasteiger partial charge in [-0.3, -0.25) is 19.7 Å². The summed E-state index contributed by atoms with van der Waals surface area (Å²) >= 11 is 0. The van der Waals surface area contributed by atoms with Crippen molar-refractivity contribution in [2.45, 2.75) is 13.0 Å². The Morgan fingerprint density at radius 2 is 2.00 bits per heavy atom. The molecule has 0 spiro atoms. The van der Waals surface area contributed by atoms with Crippen LogP contribution in [0.5, 0.6) is 5.75 Å². The minimum absolute atomic E-state index is 0.0317. The molecule has 0 bridgehead atoms. The number of nitrogens with zero attached hydrogens (tertiary/aromatic N) is 2. The Balaban J connectivity index is 1.79. The fourth-order valence-corrected chi connectivity index (χ4v) is 3.07. The van der Waals surface area contributed by atoms with Gasteiger partial charge in [-0.05, 0) is 25.1 Å². The zero-order valence-electron chi connectivity index (χ0n) is 15.5. The van der Waals surface area contributed by atoms with Crippen molar-refractivity contribution >= 4 is 28.9 Å². The fourth-order valence-electron chi connectivity index (χ4n) is 3.07. The normalized spacial score (nSPS) is 15.2. The number of anilines is 2. The van der Waals surface area contributed by atoms with Crippen LogP contribution >= 0.6 is 0 Å². The largest absolute Gasteiger partial charge is 0.477 e. The first kappa shape index (κ1) is 19.2. The second-order valence-corrected chi connectivity index (χ2v) is 6.32. The molecule has 0 unspecified atom stereocenters. The standard InChI is InChI=1S/C19H20N4O5/c1-12-13(6-5-8-14(12)23(26)27)21-18(24)11-22-10-17(19(25)20-2)28-16-9-4-3-7-15(16)22/h3-9,17H,10-11H2,1-2H3,(H,20,25)(H,21,24)/t17-/m1/s1. The number of fused-ring (bicyclic) bond motifs is 1. The lowest BCUT2D eigenvalue weighted by atomic mass is 10.1. The van der Waals surface area contributed by atoms with Crippen LogP contribution in [0.15, 0.2) is 42.5 Å². The summed E-state index contributed by atoms with van der Waals surface area (Å²) in [4.78, 5) is 37.0. The first-order valence-corrected chi connectivity index (χ1v) is 8.66. The third-order valence-corrected chi connectivity index (χ3v) is 4.51. The first-order valence-electron chi connectivity index (χ1n) is 8.66. The Morgan fingerprint density at radius 1 is 1.25 bits per heavy atom. The molecule has 2 N–H and O–H groups in total. The highest BCUT2D eigenvalue weighted by Crippen LogP contribution is 2.33. The van der Waals surface area contributed by atoms with Crippen molar-refractivity contribution < 1.29 is 19.2 Å². The van der Waals surface area contributed by atoms with E-state index in [4.69, 9.17) is 4.74 Å². The van der Waals surface area contributed by atoms with E-state index in [9.17, 15) is 19.7 Å². The van der Waals surface area contributed by atoms with Crippen LogP contribution < -0.4 is 20.3 Å². The molecule has 0 radical (unpaired) electrons. The minimum atomic E-state index is -0.743. The lowest BCUT2D eigenvalue weighted by Crippen LogP contribution is -2.50. The summed E-state index contributed by atoms with van der Waals surface area (Å²) in [5.41, 5.74) is 1.40. The fraction of sp³-hybridized carbons (Fsp3) is 0.263. The molecule has 0 fully saturated rings. The number of hydrogen-bond donors (Lipinski definition) is 2. The second-order valence-electron chi connectivity index (χ2n) is 6.32. The van der Waals surface area contributed by atoms with E-state index >= 15 is 0 Å². The zero-order chi connectivity index (χ0) is 20.3. The van der Waals surface area contributed by atoms with Crippen molar-refractivity contribution in [2.75, 3.05) is 30.4 Å². The molecule has 9 nitrogen and oxygen atoms in total. The van der Waals surface area contributed by atoms with Crippen LogP contribution in [-0.4, -0.2) is 43.0 Å². The molecular weight excluding hydrogens is 364 g/mol. The highest BCUT2D eigenvalue weighted by Gasteiger charge is 2.31. The van der Waals surface area contributed by atoms with Crippen molar-refractivity contribution in [1.82, 2.24) is 5.32 Å². The monoisotopic (exact) mass is 384 g/mol. The van der Waals surface area contributed by atoms with Crippen LogP contribution in [0.25, 0.3) is 0 Å². The topological polar surface area (TPSA) is 114 Å². The van der Waals surface area contributed by atoms with E-state index in [2.05, 4.69) is 10.6 Å². The summed E-state index contributed by atoms with van der Waals surface area (Å²) in [6.07, 6.45) is -0.743. The van der Waals surface area contributed by atoms with E-state index in [0.29, 0.717) is 22.7 Å². The van der Waals surface area contributed by atoms with Gasteiger partial charge in [-0.25, -0.2) is 0 Å². The predicted molar refractivity (Wildman–Crippen MR) is 104 cm³/mol. The number of nitrogens with one attached hydrogen (secondary N) is 2. The third kappa shape index (κ3) is 3.88. The minimum Gasteiger partial charge on any atom is -0.477 e. The van der Waals surface area contributed by atoms with E-state index in [-0.39, 0.29) is 30.6 Å². The molecule has 1 atom stereocenters. The van der Waals surface area contributed by atoms with Crippen LogP contribution in [0.1, 0.15) is 5.56 Å². The molecule has 3 rings (SSSR count). The number of nitro benzene ring substituents is 1. The quantitative estimate of drug-likeness (QED) is 0.601. The Hall–Kier alpha value is -3.62. The van der Waals surface area contributed by atoms with Gasteiger partial charge in [0.15, 0.2) is 6.10 Å². The third-order valence-electron chi connectivity index (χ3n) is 4.51. The molecule has 2 aromatic carbocycles. The zero-order valence-corrected chi connectivity index (χ0v) is 15.5. The van der Waals surface area contributed by atoms with Crippen molar-refractivity contribution in [3.63, 3.8) is 0 Å². The van der Waals surface area contributed by atoms with Crippen LogP contribution in [0.4, 0.5) is 17.1 Å². The summed E-state index contributed by atoms with van der Waals surface area (Å²) in [6, 6.07) is 11.7. The highest BCUT2D eigenvalue weighted by molar-refractivity contribution is 5.96. The molecule has 2 aromatic rings. The van der Waals surface area contributed by atoms with Crippen LogP contribution in [0, 0.1) is 17.0 Å². The van der Waals surface area contributed by atoms with E-state index < -0.39 is 11.0 Å². The molecule has 2 amide bonds. The van der Waals surface area contributed by atoms with Gasteiger partial charge in [0.05, 0.1) is 35.0 Å². The van der Waals surface area contributed by atoms with E-state index in [1.54, 1.807) is 36.1 Å². The van der Waals surface area contributed by atoms with Gasteiger partial charge in [-0.2, -0.15) is 0 Å². The van der Waals surface area contributed by atoms with Gasteiger partial charge in [0.2, 0.25) is 5.91 Å². The van der Waals surface area contributed by atoms with Crippen LogP contribution in [-0.2, 0) is 9.59 Å². The van der Waals surface area contributed by atoms with Crippen molar-refractivity contribution in [1.29, 1.82) is 0 Å². The Bertz CT molecular complexity index is 930. The molecule has 9 heteroatoms. The average Bonchev–Trinajstić information content (AvgIpc) is 2.68. The van der Waals surface area contributed by atoms with Crippen LogP contribution in [0.2, 0.25) is 0 Å². The highest BCUT2D eigenvalue weighted by atomic mass is 16.6. The number of rotatable bonds is 5. The smallest absolute Gasteiger partial charge is 0.274 e. The lowest BCUT2D eigenvalue weighted by molar-refractivity contribution is -0.385. The van der Waals surface area contributed by atoms with E-state index in [1.165, 1.54) is 19.2 Å². The van der Waals surface area contributed by atoms with Crippen molar-refractivity contribution in [3.8, 4) is 5.75 Å². The molecule has 0 aromatic heterocycles. The summed E-state index contributed by atoms with van der Waals surface area (Å²) in [7, 11) is 1.52. The Kier molecular flexibility index (Phi) is 5.44. The van der Waals surface area contributed by atoms with Crippen molar-refractivity contribution in [3.05, 3.63) is 58.1 Å². The number of para-hydroxylation sites is 2. The number of carbonyl (C=O) groups is 2. The summed E-state index contributed by atoms with van der Waals surface area (Å²) in [5.74, 6) is -0.118. The summed E-state index contributed by atoms with van der Waals surface area (Å²) < 4.78 is 5.72. The summed E-state index contributed by atoms with van der Waals surface area (Å²) in [6.45, 7) is 1.76. The SMILES string of the molecule is CNC(=O)[C@H]1CN(CC(=O)Nc2cccc([N+](=O)[O-])c2C)c2ccccc2O1. The number of amides is 2. The maximum Gasteiger partial charge on any atom is 0.274 e. The van der Waals surface area contributed by atoms with Gasteiger partial charge < -0.3 is 20.3 Å². The van der Waals surface area contributed by atoms with Gasteiger partial charge in [0, 0.05) is 13.1 Å². The Morgan fingerprint density at radius 3 is 2.71 bits per heavy atom. The van der Waals surface area contributed by atoms with Gasteiger partial charge in [0.1, 0.15) is 5.75 Å². The summed E-state index contributed by atoms with van der Waals surface area (Å²) in [5, 5.41) is 16.3. The van der Waals surface area contributed by atoms with Gasteiger partial charge in [-0.15, -0.1) is 0 Å². The molecule has 1 aliphatic heterocycles. The van der Waals surface area contributed by atoms with E-state index in [0.717, 1.165) is 0 Å². The van der Waals surface area contributed by atoms with E-state index in [1.807, 2.05) is 6.07 Å². The predicted octanol–water partition coefficient (Wildman–Crippen LogP) is 1.86. The Labute approximate surface area is 161 Å². The average molecular weight is 384 g/mol. The molecular formula is C19H20N4O5. The molecule has 0 aliphatic carbocycles. The number of nitro groups is 1. The molecule has 1 heterocycles. The van der Waals surface area contributed by atoms with Gasteiger partial charge >= 0.3 is 0 Å². The van der Waals surface area contributed by atoms with Crippen LogP contribution in [0.3, 0.4) is 0 Å². The second kappa shape index (κ2) is 7.95. The number of carbonyl (C=O) groups excluding carboxylic acids is 2. The molecule has 1 aliphatic rings. The number of hydrogen-bond acceptors (Lipinski definition) is 6.